The van der Waals surface area contributed by atoms with Crippen molar-refractivity contribution in [3.8, 4) is 0 Å². The molecule has 1 aromatic heterocycles. The number of fused-ring (bicyclic) bond motifs is 1. The van der Waals surface area contributed by atoms with E-state index in [1.807, 2.05) is 74.7 Å². The maximum Gasteiger partial charge on any atom is 0.246 e. The van der Waals surface area contributed by atoms with Crippen LogP contribution in [-0.4, -0.2) is 88.4 Å². The van der Waals surface area contributed by atoms with Crippen LogP contribution in [0, 0.1) is 0 Å². The smallest absolute Gasteiger partial charge is 0.246 e. The average molecular weight is 619 g/mol. The number of aliphatic hydroxyl groups excluding tert-OH is 1. The number of piperidine rings is 1. The molecule has 1 saturated heterocycles. The summed E-state index contributed by atoms with van der Waals surface area (Å²) < 4.78 is 0. The quantitative estimate of drug-likeness (QED) is 0.310. The molecule has 0 aliphatic carbocycles. The third-order valence-electron chi connectivity index (χ3n) is 8.30. The van der Waals surface area contributed by atoms with E-state index in [-0.39, 0.29) is 17.7 Å². The molecule has 1 fully saturated rings. The second-order valence-electron chi connectivity index (χ2n) is 12.8. The number of hydrogen-bond acceptors (Lipinski definition) is 6. The van der Waals surface area contributed by atoms with Crippen LogP contribution in [0.3, 0.4) is 0 Å². The van der Waals surface area contributed by atoms with Gasteiger partial charge in [0.05, 0.1) is 6.10 Å². The van der Waals surface area contributed by atoms with Gasteiger partial charge in [-0.05, 0) is 67.8 Å². The third-order valence-corrected chi connectivity index (χ3v) is 9.20. The lowest BCUT2D eigenvalue weighted by Crippen LogP contribution is -2.57. The van der Waals surface area contributed by atoms with Gasteiger partial charge in [-0.25, -0.2) is 0 Å². The molecular formula is C35H46N4O4S. The number of nitrogens with two attached hydrogens (primary N) is 1. The molecule has 2 heterocycles. The van der Waals surface area contributed by atoms with Crippen molar-refractivity contribution in [3.63, 3.8) is 0 Å². The highest BCUT2D eigenvalue weighted by atomic mass is 32.1. The molecule has 3 aromatic rings. The Balaban J connectivity index is 1.66. The highest BCUT2D eigenvalue weighted by Crippen LogP contribution is 2.23. The van der Waals surface area contributed by atoms with Crippen molar-refractivity contribution in [2.75, 3.05) is 27.2 Å². The summed E-state index contributed by atoms with van der Waals surface area (Å²) in [4.78, 5) is 47.8. The summed E-state index contributed by atoms with van der Waals surface area (Å²) in [7, 11) is 3.32. The summed E-state index contributed by atoms with van der Waals surface area (Å²) in [6.07, 6.45) is 3.39. The number of amides is 3. The number of nitrogens with zero attached hydrogens (tertiary/aromatic N) is 3. The van der Waals surface area contributed by atoms with Crippen molar-refractivity contribution < 1.29 is 19.5 Å². The second-order valence-corrected chi connectivity index (χ2v) is 13.8. The van der Waals surface area contributed by atoms with Gasteiger partial charge >= 0.3 is 0 Å². The van der Waals surface area contributed by atoms with Crippen molar-refractivity contribution in [2.45, 2.75) is 76.6 Å². The second kappa shape index (κ2) is 14.5. The highest BCUT2D eigenvalue weighted by Gasteiger charge is 2.37. The number of likely N-dealkylation sites (tertiary alicyclic amines) is 1. The number of likely N-dealkylation sites (N-methyl/N-ethyl adjacent to an activating group) is 2. The van der Waals surface area contributed by atoms with Crippen LogP contribution in [0.15, 0.2) is 71.6 Å². The molecule has 0 radical (unpaired) electrons. The number of carbonyl (C=O) groups is 3. The first kappa shape index (κ1) is 33.4. The first-order chi connectivity index (χ1) is 20.8. The zero-order valence-electron chi connectivity index (χ0n) is 26.5. The van der Waals surface area contributed by atoms with Crippen LogP contribution in [0.2, 0.25) is 0 Å². The Morgan fingerprint density at radius 3 is 2.32 bits per heavy atom. The SMILES string of the molecule is C/C(=C\C(=O)N(C)[C@H](Cc1ccc2ccccc2c1)C(=O)N(C)[C@H](Cc1cccs1)C(=O)N1CCC(O)CC1)CC(C)(C)N. The molecule has 0 bridgehead atoms. The lowest BCUT2D eigenvalue weighted by Gasteiger charge is -2.38. The van der Waals surface area contributed by atoms with Crippen LogP contribution < -0.4 is 5.73 Å². The minimum atomic E-state index is -0.842. The molecule has 236 valence electrons. The number of thiophene rings is 1. The van der Waals surface area contributed by atoms with Crippen molar-refractivity contribution in [2.24, 2.45) is 5.73 Å². The molecule has 0 spiro atoms. The van der Waals surface area contributed by atoms with Gasteiger partial charge < -0.3 is 25.5 Å². The molecule has 44 heavy (non-hydrogen) atoms. The van der Waals surface area contributed by atoms with E-state index in [9.17, 15) is 19.5 Å². The fourth-order valence-corrected chi connectivity index (χ4v) is 6.65. The normalized spacial score (nSPS) is 16.1. The van der Waals surface area contributed by atoms with Crippen LogP contribution in [0.1, 0.15) is 50.5 Å². The maximum atomic E-state index is 14.5. The van der Waals surface area contributed by atoms with Gasteiger partial charge in [0.2, 0.25) is 17.7 Å². The Kier molecular flexibility index (Phi) is 11.0. The number of aliphatic hydroxyl groups is 1. The maximum absolute atomic E-state index is 14.5. The van der Waals surface area contributed by atoms with Gasteiger partial charge in [-0.15, -0.1) is 11.3 Å². The topological polar surface area (TPSA) is 107 Å². The first-order valence-corrected chi connectivity index (χ1v) is 16.2. The van der Waals surface area contributed by atoms with Gasteiger partial charge in [0.15, 0.2) is 0 Å². The van der Waals surface area contributed by atoms with Crippen LogP contribution >= 0.6 is 11.3 Å². The minimum absolute atomic E-state index is 0.138. The summed E-state index contributed by atoms with van der Waals surface area (Å²) in [6.45, 7) is 6.59. The Bertz CT molecular complexity index is 1470. The summed E-state index contributed by atoms with van der Waals surface area (Å²) in [6, 6.07) is 16.4. The zero-order chi connectivity index (χ0) is 32.0. The molecule has 4 rings (SSSR count). The fraction of sp³-hybridized carbons (Fsp3) is 0.457. The molecule has 1 aliphatic heterocycles. The van der Waals surface area contributed by atoms with Crippen LogP contribution in [-0.2, 0) is 27.2 Å². The Hall–Kier alpha value is -3.53. The Morgan fingerprint density at radius 1 is 1.00 bits per heavy atom. The standard InChI is InChI=1S/C35H46N4O4S/c1-24(23-35(2,3)36)19-32(41)37(4)30(21-25-12-13-26-9-6-7-10-27(26)20-25)33(42)38(5)31(22-29-11-8-18-44-29)34(43)39-16-14-28(40)15-17-39/h6-13,18-20,28,30-31,40H,14-17,21-23,36H2,1-5H3/b24-19+/t30-,31-/m1/s1. The number of benzene rings is 2. The Morgan fingerprint density at radius 2 is 1.68 bits per heavy atom. The van der Waals surface area contributed by atoms with Gasteiger partial charge in [0.25, 0.3) is 0 Å². The molecule has 2 atom stereocenters. The first-order valence-electron chi connectivity index (χ1n) is 15.3. The van der Waals surface area contributed by atoms with Gasteiger partial charge in [0, 0.05) is 56.5 Å². The lowest BCUT2D eigenvalue weighted by molar-refractivity contribution is -0.150. The van der Waals surface area contributed by atoms with Crippen molar-refractivity contribution in [3.05, 3.63) is 82.1 Å². The van der Waals surface area contributed by atoms with Crippen molar-refractivity contribution in [1.29, 1.82) is 0 Å². The van der Waals surface area contributed by atoms with Gasteiger partial charge in [-0.3, -0.25) is 14.4 Å². The third kappa shape index (κ3) is 8.77. The van der Waals surface area contributed by atoms with Crippen LogP contribution in [0.4, 0.5) is 0 Å². The van der Waals surface area contributed by atoms with E-state index in [4.69, 9.17) is 5.73 Å². The predicted molar refractivity (Wildman–Crippen MR) is 177 cm³/mol. The van der Waals surface area contributed by atoms with Crippen molar-refractivity contribution >= 4 is 39.8 Å². The fourth-order valence-electron chi connectivity index (χ4n) is 5.91. The van der Waals surface area contributed by atoms with E-state index in [1.165, 1.54) is 9.80 Å². The summed E-state index contributed by atoms with van der Waals surface area (Å²) >= 11 is 1.55. The minimum Gasteiger partial charge on any atom is -0.393 e. The molecule has 3 N–H and O–H groups in total. The monoisotopic (exact) mass is 618 g/mol. The average Bonchev–Trinajstić information content (AvgIpc) is 3.50. The zero-order valence-corrected chi connectivity index (χ0v) is 27.3. The number of rotatable bonds is 11. The van der Waals surface area contributed by atoms with Gasteiger partial charge in [0.1, 0.15) is 12.1 Å². The van der Waals surface area contributed by atoms with E-state index >= 15 is 0 Å². The van der Waals surface area contributed by atoms with Gasteiger partial charge in [-0.2, -0.15) is 0 Å². The lowest BCUT2D eigenvalue weighted by atomic mass is 9.96. The molecule has 0 unspecified atom stereocenters. The van der Waals surface area contributed by atoms with Crippen LogP contribution in [0.25, 0.3) is 10.8 Å². The van der Waals surface area contributed by atoms with Crippen molar-refractivity contribution in [1.82, 2.24) is 14.7 Å². The summed E-state index contributed by atoms with van der Waals surface area (Å²) in [5.74, 6) is -0.725. The van der Waals surface area contributed by atoms with E-state index in [0.29, 0.717) is 45.2 Å². The Labute approximate surface area is 265 Å². The molecule has 3 amide bonds. The summed E-state index contributed by atoms with van der Waals surface area (Å²) in [5, 5.41) is 14.1. The van der Waals surface area contributed by atoms with E-state index in [0.717, 1.165) is 26.8 Å². The highest BCUT2D eigenvalue weighted by molar-refractivity contribution is 7.09. The summed E-state index contributed by atoms with van der Waals surface area (Å²) in [5.41, 5.74) is 7.47. The molecular weight excluding hydrogens is 572 g/mol. The van der Waals surface area contributed by atoms with Gasteiger partial charge in [-0.1, -0.05) is 54.1 Å². The molecule has 2 aromatic carbocycles. The molecule has 8 nitrogen and oxygen atoms in total. The predicted octanol–water partition coefficient (Wildman–Crippen LogP) is 4.40. The van der Waals surface area contributed by atoms with Crippen LogP contribution in [0.5, 0.6) is 0 Å². The van der Waals surface area contributed by atoms with E-state index in [2.05, 4.69) is 6.07 Å². The molecule has 1 aliphatic rings. The largest absolute Gasteiger partial charge is 0.393 e. The number of carbonyl (C=O) groups excluding carboxylic acids is 3. The molecule has 9 heteroatoms. The van der Waals surface area contributed by atoms with E-state index in [1.54, 1.807) is 36.4 Å². The number of hydrogen-bond donors (Lipinski definition) is 2. The molecule has 0 saturated carbocycles. The van der Waals surface area contributed by atoms with E-state index < -0.39 is 23.7 Å².